The summed E-state index contributed by atoms with van der Waals surface area (Å²) in [5.41, 5.74) is 0.510. The summed E-state index contributed by atoms with van der Waals surface area (Å²) in [4.78, 5) is 23.0. The third-order valence-electron chi connectivity index (χ3n) is 3.96. The first-order valence-electron chi connectivity index (χ1n) is 8.13. The van der Waals surface area contributed by atoms with E-state index in [0.29, 0.717) is 12.2 Å². The minimum absolute atomic E-state index is 0. The van der Waals surface area contributed by atoms with E-state index in [9.17, 15) is 18.0 Å². The average Bonchev–Trinajstić information content (AvgIpc) is 3.06. The molecule has 1 atom stereocenters. The summed E-state index contributed by atoms with van der Waals surface area (Å²) < 4.78 is 26.0. The highest BCUT2D eigenvalue weighted by Gasteiger charge is 2.23. The van der Waals surface area contributed by atoms with Crippen LogP contribution in [0.2, 0.25) is 0 Å². The summed E-state index contributed by atoms with van der Waals surface area (Å²) in [5.74, 6) is -0.573. The van der Waals surface area contributed by atoms with Gasteiger partial charge in [-0.15, -0.1) is 12.4 Å². The number of halogens is 1. The lowest BCUT2D eigenvalue weighted by molar-refractivity contribution is -0.121. The minimum Gasteiger partial charge on any atom is -0.353 e. The van der Waals surface area contributed by atoms with E-state index in [0.717, 1.165) is 23.7 Å². The molecule has 1 saturated heterocycles. The van der Waals surface area contributed by atoms with Crippen molar-refractivity contribution < 1.29 is 18.0 Å². The van der Waals surface area contributed by atoms with Gasteiger partial charge in [0.15, 0.2) is 0 Å². The quantitative estimate of drug-likeness (QED) is 0.615. The lowest BCUT2D eigenvalue weighted by Crippen LogP contribution is -2.42. The number of hydrogen-bond donors (Lipinski definition) is 3. The Labute approximate surface area is 160 Å². The zero-order valence-electron chi connectivity index (χ0n) is 14.8. The van der Waals surface area contributed by atoms with E-state index >= 15 is 0 Å². The van der Waals surface area contributed by atoms with Gasteiger partial charge in [-0.3, -0.25) is 9.59 Å². The van der Waals surface area contributed by atoms with Gasteiger partial charge in [0, 0.05) is 32.2 Å². The van der Waals surface area contributed by atoms with Gasteiger partial charge in [0.2, 0.25) is 21.8 Å². The number of hydrogen-bond acceptors (Lipinski definition) is 5. The molecule has 0 spiro atoms. The topological polar surface area (TPSA) is 108 Å². The standard InChI is InChI=1S/C16H24N4O4S.ClH/c1-12(21)19-13-5-7-15(8-6-13)25(23,24)20(2)11-16(22)18-10-14-4-3-9-17-14;/h5-8,14,17H,3-4,9-11H2,1-2H3,(H,18,22)(H,19,21);1H. The first-order valence-corrected chi connectivity index (χ1v) is 9.57. The predicted octanol–water partition coefficient (Wildman–Crippen LogP) is 0.556. The fourth-order valence-corrected chi connectivity index (χ4v) is 3.73. The number of rotatable bonds is 7. The van der Waals surface area contributed by atoms with Gasteiger partial charge in [-0.2, -0.15) is 4.31 Å². The molecule has 2 amide bonds. The number of nitrogens with zero attached hydrogens (tertiary/aromatic N) is 1. The molecule has 1 aromatic carbocycles. The maximum Gasteiger partial charge on any atom is 0.243 e. The molecule has 1 aliphatic heterocycles. The van der Waals surface area contributed by atoms with Crippen molar-refractivity contribution in [1.82, 2.24) is 14.9 Å². The third kappa shape index (κ3) is 6.24. The summed E-state index contributed by atoms with van der Waals surface area (Å²) >= 11 is 0. The molecule has 26 heavy (non-hydrogen) atoms. The Morgan fingerprint density at radius 1 is 1.27 bits per heavy atom. The van der Waals surface area contributed by atoms with Gasteiger partial charge in [-0.05, 0) is 43.7 Å². The molecule has 0 radical (unpaired) electrons. The van der Waals surface area contributed by atoms with Crippen molar-refractivity contribution in [3.63, 3.8) is 0 Å². The van der Waals surface area contributed by atoms with Crippen LogP contribution in [0, 0.1) is 0 Å². The molecule has 8 nitrogen and oxygen atoms in total. The Hall–Kier alpha value is -1.68. The van der Waals surface area contributed by atoms with Crippen LogP contribution in [0.4, 0.5) is 5.69 Å². The number of carbonyl (C=O) groups is 2. The number of carbonyl (C=O) groups excluding carboxylic acids is 2. The van der Waals surface area contributed by atoms with Gasteiger partial charge in [-0.25, -0.2) is 8.42 Å². The SMILES string of the molecule is CC(=O)Nc1ccc(S(=O)(=O)N(C)CC(=O)NCC2CCCN2)cc1.Cl. The number of likely N-dealkylation sites (N-methyl/N-ethyl adjacent to an activating group) is 1. The third-order valence-corrected chi connectivity index (χ3v) is 5.77. The first kappa shape index (κ1) is 22.4. The van der Waals surface area contributed by atoms with Crippen molar-refractivity contribution >= 4 is 39.9 Å². The number of benzene rings is 1. The van der Waals surface area contributed by atoms with Crippen molar-refractivity contribution in [3.8, 4) is 0 Å². The van der Waals surface area contributed by atoms with E-state index in [1.165, 1.54) is 38.2 Å². The van der Waals surface area contributed by atoms with Gasteiger partial charge in [0.1, 0.15) is 0 Å². The fraction of sp³-hybridized carbons (Fsp3) is 0.500. The zero-order chi connectivity index (χ0) is 18.4. The molecule has 0 aromatic heterocycles. The number of nitrogens with one attached hydrogen (secondary N) is 3. The number of anilines is 1. The fourth-order valence-electron chi connectivity index (χ4n) is 2.60. The highest BCUT2D eigenvalue weighted by Crippen LogP contribution is 2.17. The molecular formula is C16H25ClN4O4S. The second-order valence-corrected chi connectivity index (χ2v) is 8.11. The smallest absolute Gasteiger partial charge is 0.243 e. The van der Waals surface area contributed by atoms with E-state index in [-0.39, 0.29) is 41.7 Å². The molecule has 1 fully saturated rings. The van der Waals surface area contributed by atoms with Crippen molar-refractivity contribution in [2.75, 3.05) is 32.0 Å². The normalized spacial score (nSPS) is 16.8. The van der Waals surface area contributed by atoms with Gasteiger partial charge in [0.25, 0.3) is 0 Å². The Kier molecular flexibility index (Phi) is 8.48. The first-order chi connectivity index (χ1) is 11.8. The molecule has 1 aliphatic rings. The lowest BCUT2D eigenvalue weighted by Gasteiger charge is -2.18. The lowest BCUT2D eigenvalue weighted by atomic mass is 10.2. The molecule has 1 aromatic rings. The Bertz CT molecular complexity index is 718. The van der Waals surface area contributed by atoms with Gasteiger partial charge >= 0.3 is 0 Å². The second-order valence-electron chi connectivity index (χ2n) is 6.06. The summed E-state index contributed by atoms with van der Waals surface area (Å²) in [6, 6.07) is 6.07. The minimum atomic E-state index is -3.77. The van der Waals surface area contributed by atoms with Crippen LogP contribution in [0.25, 0.3) is 0 Å². The molecular weight excluding hydrogens is 380 g/mol. The van der Waals surface area contributed by atoms with Crippen LogP contribution in [0.1, 0.15) is 19.8 Å². The monoisotopic (exact) mass is 404 g/mol. The molecule has 146 valence electrons. The van der Waals surface area contributed by atoms with E-state index in [1.807, 2.05) is 0 Å². The largest absolute Gasteiger partial charge is 0.353 e. The van der Waals surface area contributed by atoms with Gasteiger partial charge < -0.3 is 16.0 Å². The van der Waals surface area contributed by atoms with E-state index in [4.69, 9.17) is 0 Å². The van der Waals surface area contributed by atoms with Crippen molar-refractivity contribution in [3.05, 3.63) is 24.3 Å². The van der Waals surface area contributed by atoms with Crippen LogP contribution < -0.4 is 16.0 Å². The molecule has 10 heteroatoms. The van der Waals surface area contributed by atoms with Crippen molar-refractivity contribution in [2.45, 2.75) is 30.7 Å². The van der Waals surface area contributed by atoms with Crippen LogP contribution in [0.5, 0.6) is 0 Å². The number of amides is 2. The average molecular weight is 405 g/mol. The zero-order valence-corrected chi connectivity index (χ0v) is 16.5. The van der Waals surface area contributed by atoms with Crippen LogP contribution in [-0.2, 0) is 19.6 Å². The second kappa shape index (κ2) is 9.86. The summed E-state index contributed by atoms with van der Waals surface area (Å²) in [6.07, 6.45) is 2.10. The van der Waals surface area contributed by atoms with Crippen LogP contribution in [0.3, 0.4) is 0 Å². The number of sulfonamides is 1. The molecule has 1 unspecified atom stereocenters. The molecule has 0 bridgehead atoms. The molecule has 3 N–H and O–H groups in total. The molecule has 1 heterocycles. The molecule has 0 aliphatic carbocycles. The summed E-state index contributed by atoms with van der Waals surface area (Å²) in [7, 11) is -2.41. The molecule has 0 saturated carbocycles. The van der Waals surface area contributed by atoms with Crippen molar-refractivity contribution in [1.29, 1.82) is 0 Å². The van der Waals surface area contributed by atoms with Gasteiger partial charge in [-0.1, -0.05) is 0 Å². The Balaban J connectivity index is 0.00000338. The van der Waals surface area contributed by atoms with Gasteiger partial charge in [0.05, 0.1) is 11.4 Å². The Morgan fingerprint density at radius 3 is 2.46 bits per heavy atom. The Morgan fingerprint density at radius 2 is 1.92 bits per heavy atom. The predicted molar refractivity (Wildman–Crippen MR) is 102 cm³/mol. The molecule has 2 rings (SSSR count). The van der Waals surface area contributed by atoms with E-state index in [2.05, 4.69) is 16.0 Å². The highest BCUT2D eigenvalue weighted by molar-refractivity contribution is 7.89. The maximum atomic E-state index is 12.5. The maximum absolute atomic E-state index is 12.5. The van der Waals surface area contributed by atoms with E-state index < -0.39 is 10.0 Å². The summed E-state index contributed by atoms with van der Waals surface area (Å²) in [6.45, 7) is 2.57. The summed E-state index contributed by atoms with van der Waals surface area (Å²) in [5, 5.41) is 8.59. The van der Waals surface area contributed by atoms with Crippen LogP contribution in [-0.4, -0.2) is 57.3 Å². The van der Waals surface area contributed by atoms with E-state index in [1.54, 1.807) is 0 Å². The highest BCUT2D eigenvalue weighted by atomic mass is 35.5. The van der Waals surface area contributed by atoms with Crippen LogP contribution in [0.15, 0.2) is 29.2 Å². The van der Waals surface area contributed by atoms with Crippen LogP contribution >= 0.6 is 12.4 Å². The van der Waals surface area contributed by atoms with Crippen molar-refractivity contribution in [2.24, 2.45) is 0 Å².